The number of aromatic nitrogens is 2. The molecule has 0 saturated carbocycles. The van der Waals surface area contributed by atoms with E-state index in [1.807, 2.05) is 0 Å². The lowest BCUT2D eigenvalue weighted by Gasteiger charge is -2.25. The van der Waals surface area contributed by atoms with Gasteiger partial charge in [0.05, 0.1) is 17.1 Å². The lowest BCUT2D eigenvalue weighted by Crippen LogP contribution is -2.45. The summed E-state index contributed by atoms with van der Waals surface area (Å²) in [5.74, 6) is -0.0320. The molecule has 0 aromatic carbocycles. The molecule has 1 saturated heterocycles. The smallest absolute Gasteiger partial charge is 0.407 e. The Bertz CT molecular complexity index is 706. The highest BCUT2D eigenvalue weighted by Crippen LogP contribution is 2.30. The fourth-order valence-corrected chi connectivity index (χ4v) is 3.01. The molecule has 1 fully saturated rings. The Morgan fingerprint density at radius 2 is 2.11 bits per heavy atom. The molecule has 28 heavy (non-hydrogen) atoms. The second-order valence-corrected chi connectivity index (χ2v) is 7.57. The summed E-state index contributed by atoms with van der Waals surface area (Å²) in [6, 6.07) is -0.634. The normalized spacial score (nSPS) is 20.8. The maximum Gasteiger partial charge on any atom is 0.407 e. The first-order valence-corrected chi connectivity index (χ1v) is 8.89. The van der Waals surface area contributed by atoms with Crippen LogP contribution in [0, 0.1) is 10.1 Å². The Morgan fingerprint density at radius 1 is 1.46 bits per heavy atom. The van der Waals surface area contributed by atoms with Crippen LogP contribution in [0.25, 0.3) is 0 Å². The zero-order valence-corrected chi connectivity index (χ0v) is 16.0. The van der Waals surface area contributed by atoms with Gasteiger partial charge >= 0.3 is 11.8 Å². The first kappa shape index (κ1) is 21.8. The van der Waals surface area contributed by atoms with E-state index < -0.39 is 41.7 Å². The number of amides is 1. The predicted molar refractivity (Wildman–Crippen MR) is 95.5 cm³/mol. The first-order chi connectivity index (χ1) is 13.0. The van der Waals surface area contributed by atoms with E-state index in [1.54, 1.807) is 20.8 Å². The summed E-state index contributed by atoms with van der Waals surface area (Å²) in [4.78, 5) is 24.1. The molecule has 2 rings (SSSR count). The molecule has 1 aliphatic rings. The number of ether oxygens (including phenoxy) is 1. The van der Waals surface area contributed by atoms with Gasteiger partial charge in [-0.2, -0.15) is 5.10 Å². The minimum atomic E-state index is -2.72. The van der Waals surface area contributed by atoms with Gasteiger partial charge in [-0.05, 0) is 33.6 Å². The highest BCUT2D eigenvalue weighted by molar-refractivity contribution is 5.68. The molecule has 1 aromatic rings. The Labute approximate surface area is 160 Å². The van der Waals surface area contributed by atoms with Gasteiger partial charge < -0.3 is 20.1 Å². The van der Waals surface area contributed by atoms with Crippen LogP contribution in [0.3, 0.4) is 0 Å². The molecule has 2 heterocycles. The summed E-state index contributed by atoms with van der Waals surface area (Å²) in [6.07, 6.45) is -2.95. The van der Waals surface area contributed by atoms with Crippen molar-refractivity contribution in [1.29, 1.82) is 0 Å². The topological polar surface area (TPSA) is 123 Å². The quantitative estimate of drug-likeness (QED) is 0.567. The summed E-state index contributed by atoms with van der Waals surface area (Å²) in [6.45, 7) is 4.74. The predicted octanol–water partition coefficient (Wildman–Crippen LogP) is 1.91. The highest BCUT2D eigenvalue weighted by Gasteiger charge is 2.33. The lowest BCUT2D eigenvalue weighted by molar-refractivity contribution is -0.384. The fraction of sp³-hybridized carbons (Fsp3) is 0.750. The van der Waals surface area contributed by atoms with E-state index in [2.05, 4.69) is 10.4 Å². The molecule has 2 N–H and O–H groups in total. The van der Waals surface area contributed by atoms with Crippen LogP contribution >= 0.6 is 0 Å². The van der Waals surface area contributed by atoms with Crippen LogP contribution < -0.4 is 10.2 Å². The zero-order valence-electron chi connectivity index (χ0n) is 16.0. The van der Waals surface area contributed by atoms with Crippen molar-refractivity contribution in [2.45, 2.75) is 64.3 Å². The second kappa shape index (κ2) is 8.67. The summed E-state index contributed by atoms with van der Waals surface area (Å²) in [5.41, 5.74) is -1.08. The molecule has 0 radical (unpaired) electrons. The molecular weight excluding hydrogens is 380 g/mol. The van der Waals surface area contributed by atoms with Crippen LogP contribution in [0.5, 0.6) is 0 Å². The molecule has 2 atom stereocenters. The monoisotopic (exact) mass is 405 g/mol. The molecule has 10 nitrogen and oxygen atoms in total. The zero-order chi connectivity index (χ0) is 21.1. The Morgan fingerprint density at radius 3 is 2.68 bits per heavy atom. The van der Waals surface area contributed by atoms with Crippen molar-refractivity contribution < 1.29 is 28.3 Å². The van der Waals surface area contributed by atoms with E-state index in [9.17, 15) is 28.8 Å². The number of hydrogen-bond donors (Lipinski definition) is 2. The van der Waals surface area contributed by atoms with Crippen LogP contribution in [0.1, 0.15) is 33.6 Å². The molecule has 0 aliphatic carbocycles. The van der Waals surface area contributed by atoms with E-state index in [4.69, 9.17) is 4.74 Å². The van der Waals surface area contributed by atoms with Gasteiger partial charge in [-0.15, -0.1) is 0 Å². The number of aliphatic hydroxyl groups excluding tert-OH is 1. The largest absolute Gasteiger partial charge is 0.444 e. The van der Waals surface area contributed by atoms with Gasteiger partial charge in [-0.1, -0.05) is 0 Å². The van der Waals surface area contributed by atoms with Crippen molar-refractivity contribution in [3.8, 4) is 0 Å². The number of rotatable bonds is 5. The van der Waals surface area contributed by atoms with Crippen molar-refractivity contribution in [3.63, 3.8) is 0 Å². The molecule has 0 spiro atoms. The minimum Gasteiger partial charge on any atom is -0.444 e. The van der Waals surface area contributed by atoms with E-state index in [-0.39, 0.29) is 37.4 Å². The Hall–Kier alpha value is -2.50. The third-order valence-corrected chi connectivity index (χ3v) is 4.17. The van der Waals surface area contributed by atoms with Crippen LogP contribution in [-0.2, 0) is 11.3 Å². The number of hydrogen-bond acceptors (Lipinski definition) is 7. The molecule has 158 valence electrons. The van der Waals surface area contributed by atoms with Crippen molar-refractivity contribution in [3.05, 3.63) is 16.3 Å². The molecule has 12 heteroatoms. The van der Waals surface area contributed by atoms with Crippen molar-refractivity contribution in [2.24, 2.45) is 0 Å². The first-order valence-electron chi connectivity index (χ1n) is 8.89. The summed E-state index contributed by atoms with van der Waals surface area (Å²) < 4.78 is 31.7. The molecule has 1 amide bonds. The van der Waals surface area contributed by atoms with Crippen molar-refractivity contribution in [2.75, 3.05) is 18.0 Å². The van der Waals surface area contributed by atoms with Gasteiger partial charge in [0.25, 0.3) is 6.43 Å². The summed E-state index contributed by atoms with van der Waals surface area (Å²) in [5, 5.41) is 27.9. The second-order valence-electron chi connectivity index (χ2n) is 7.57. The summed E-state index contributed by atoms with van der Waals surface area (Å²) >= 11 is 0. The average Bonchev–Trinajstić information content (AvgIpc) is 2.86. The number of alkyl carbamates (subject to hydrolysis) is 1. The van der Waals surface area contributed by atoms with Crippen LogP contribution in [0.4, 0.5) is 25.1 Å². The Kier molecular flexibility index (Phi) is 6.75. The molecule has 2 unspecified atom stereocenters. The number of aliphatic hydroxyl groups is 1. The number of alkyl halides is 2. The standard InChI is InChI=1S/C16H25F2N5O5/c1-16(2,3)28-15(25)20-10-4-6-21(7-5-12(10)24)14-11(23(26)27)8-19-22(14)9-13(17)18/h8,10,12-13,24H,4-7,9H2,1-3H3,(H,20,25). The maximum atomic E-state index is 12.8. The number of carbonyl (C=O) groups excluding carboxylic acids is 1. The minimum absolute atomic E-state index is 0.0320. The number of carbonyl (C=O) groups is 1. The lowest BCUT2D eigenvalue weighted by atomic mass is 10.1. The maximum absolute atomic E-state index is 12.8. The summed E-state index contributed by atoms with van der Waals surface area (Å²) in [7, 11) is 0. The van der Waals surface area contributed by atoms with Crippen LogP contribution in [0.15, 0.2) is 6.20 Å². The van der Waals surface area contributed by atoms with E-state index in [0.717, 1.165) is 10.9 Å². The van der Waals surface area contributed by atoms with Crippen LogP contribution in [0.2, 0.25) is 0 Å². The number of halogens is 2. The number of nitro groups is 1. The highest BCUT2D eigenvalue weighted by atomic mass is 19.3. The van der Waals surface area contributed by atoms with Gasteiger partial charge in [0.15, 0.2) is 0 Å². The van der Waals surface area contributed by atoms with Gasteiger partial charge in [-0.3, -0.25) is 10.1 Å². The third-order valence-electron chi connectivity index (χ3n) is 4.17. The molecule has 1 aromatic heterocycles. The van der Waals surface area contributed by atoms with E-state index in [1.165, 1.54) is 4.90 Å². The van der Waals surface area contributed by atoms with E-state index >= 15 is 0 Å². The van der Waals surface area contributed by atoms with Crippen molar-refractivity contribution >= 4 is 17.6 Å². The van der Waals surface area contributed by atoms with Gasteiger partial charge in [0.1, 0.15) is 18.3 Å². The SMILES string of the molecule is CC(C)(C)OC(=O)NC1CCN(c2c([N+](=O)[O-])cnn2CC(F)F)CCC1O. The van der Waals surface area contributed by atoms with Crippen LogP contribution in [-0.4, -0.2) is 63.2 Å². The molecular formula is C16H25F2N5O5. The number of nitrogens with zero attached hydrogens (tertiary/aromatic N) is 4. The molecule has 0 bridgehead atoms. The number of anilines is 1. The molecule has 1 aliphatic heterocycles. The van der Waals surface area contributed by atoms with Gasteiger partial charge in [0, 0.05) is 13.1 Å². The third kappa shape index (κ3) is 5.75. The van der Waals surface area contributed by atoms with Gasteiger partial charge in [-0.25, -0.2) is 18.3 Å². The van der Waals surface area contributed by atoms with E-state index in [0.29, 0.717) is 0 Å². The number of nitrogens with one attached hydrogen (secondary N) is 1. The van der Waals surface area contributed by atoms with Gasteiger partial charge in [0.2, 0.25) is 5.82 Å². The fourth-order valence-electron chi connectivity index (χ4n) is 3.01. The van der Waals surface area contributed by atoms with Crippen molar-refractivity contribution in [1.82, 2.24) is 15.1 Å². The Balaban J connectivity index is 2.15. The average molecular weight is 405 g/mol.